The van der Waals surface area contributed by atoms with E-state index in [4.69, 9.17) is 16.6 Å². The Labute approximate surface area is 77.2 Å². The molecule has 0 heterocycles. The van der Waals surface area contributed by atoms with Gasteiger partial charge in [-0.2, -0.15) is 0 Å². The normalized spacial score (nSPS) is 7.64. The minimum absolute atomic E-state index is 0. The first-order valence-corrected chi connectivity index (χ1v) is 2.54. The van der Waals surface area contributed by atoms with Gasteiger partial charge in [-0.05, 0) is 12.1 Å². The Bertz CT molecular complexity index is 230. The predicted octanol–water partition coefficient (Wildman–Crippen LogP) is 1.40. The second-order valence-electron chi connectivity index (χ2n) is 1.82. The molecule has 0 unspecified atom stereocenters. The van der Waals surface area contributed by atoms with Crippen LogP contribution in [-0.4, -0.2) is 5.11 Å². The van der Waals surface area contributed by atoms with Crippen LogP contribution in [0.15, 0.2) is 18.2 Å². The van der Waals surface area contributed by atoms with Crippen LogP contribution in [0.2, 0.25) is 0 Å². The van der Waals surface area contributed by atoms with E-state index < -0.39 is 0 Å². The molecule has 0 saturated carbocycles. The number of halogens is 2. The van der Waals surface area contributed by atoms with Gasteiger partial charge >= 0.3 is 0 Å². The first-order valence-electron chi connectivity index (χ1n) is 2.54. The SMILES string of the molecule is Cl.Cl.Nc1ccc(N)c(O)c1. The van der Waals surface area contributed by atoms with Crippen molar-refractivity contribution in [3.05, 3.63) is 18.2 Å². The van der Waals surface area contributed by atoms with Crippen molar-refractivity contribution in [2.24, 2.45) is 0 Å². The summed E-state index contributed by atoms with van der Waals surface area (Å²) < 4.78 is 0. The Morgan fingerprint density at radius 2 is 1.64 bits per heavy atom. The van der Waals surface area contributed by atoms with E-state index in [9.17, 15) is 0 Å². The molecule has 5 N–H and O–H groups in total. The summed E-state index contributed by atoms with van der Waals surface area (Å²) in [5.41, 5.74) is 11.5. The highest BCUT2D eigenvalue weighted by atomic mass is 35.5. The Hall–Kier alpha value is -0.800. The van der Waals surface area contributed by atoms with Crippen LogP contribution < -0.4 is 11.5 Å². The van der Waals surface area contributed by atoms with Gasteiger partial charge in [0.05, 0.1) is 5.69 Å². The van der Waals surface area contributed by atoms with Gasteiger partial charge in [0.25, 0.3) is 0 Å². The van der Waals surface area contributed by atoms with Crippen LogP contribution in [0.5, 0.6) is 5.75 Å². The van der Waals surface area contributed by atoms with Gasteiger partial charge in [-0.15, -0.1) is 24.8 Å². The molecule has 5 heteroatoms. The molecule has 0 aliphatic rings. The lowest BCUT2D eigenvalue weighted by atomic mass is 10.3. The van der Waals surface area contributed by atoms with Gasteiger partial charge in [-0.3, -0.25) is 0 Å². The van der Waals surface area contributed by atoms with Crippen LogP contribution in [0.25, 0.3) is 0 Å². The van der Waals surface area contributed by atoms with Gasteiger partial charge in [0, 0.05) is 11.8 Å². The standard InChI is InChI=1S/C6H8N2O.2ClH/c7-4-1-2-5(8)6(9)3-4;;/h1-3,9H,7-8H2;2*1H. The summed E-state index contributed by atoms with van der Waals surface area (Å²) in [6.45, 7) is 0. The molecule has 1 rings (SSSR count). The van der Waals surface area contributed by atoms with Crippen molar-refractivity contribution < 1.29 is 5.11 Å². The smallest absolute Gasteiger partial charge is 0.140 e. The Morgan fingerprint density at radius 3 is 2.00 bits per heavy atom. The summed E-state index contributed by atoms with van der Waals surface area (Å²) in [7, 11) is 0. The first-order chi connectivity index (χ1) is 4.20. The molecule has 0 aliphatic heterocycles. The van der Waals surface area contributed by atoms with Crippen LogP contribution >= 0.6 is 24.8 Å². The number of phenols is 1. The van der Waals surface area contributed by atoms with Gasteiger partial charge in [-0.25, -0.2) is 0 Å². The third-order valence-corrected chi connectivity index (χ3v) is 1.05. The average molecular weight is 197 g/mol. The number of hydrogen-bond acceptors (Lipinski definition) is 3. The molecule has 3 nitrogen and oxygen atoms in total. The molecule has 0 bridgehead atoms. The van der Waals surface area contributed by atoms with E-state index >= 15 is 0 Å². The van der Waals surface area contributed by atoms with Crippen molar-refractivity contribution in [3.8, 4) is 5.75 Å². The largest absolute Gasteiger partial charge is 0.506 e. The maximum atomic E-state index is 8.90. The summed E-state index contributed by atoms with van der Waals surface area (Å²) in [5.74, 6) is 0.0370. The Kier molecular flexibility index (Phi) is 5.76. The fourth-order valence-corrected chi connectivity index (χ4v) is 0.561. The number of phenolic OH excluding ortho intramolecular Hbond substituents is 1. The van der Waals surface area contributed by atoms with Crippen LogP contribution in [0.4, 0.5) is 11.4 Å². The average Bonchev–Trinajstić information content (AvgIpc) is 1.80. The fourth-order valence-electron chi connectivity index (χ4n) is 0.561. The number of aromatic hydroxyl groups is 1. The first kappa shape index (κ1) is 12.8. The van der Waals surface area contributed by atoms with Crippen molar-refractivity contribution in [2.75, 3.05) is 11.5 Å². The van der Waals surface area contributed by atoms with Crippen molar-refractivity contribution in [3.63, 3.8) is 0 Å². The van der Waals surface area contributed by atoms with E-state index in [1.807, 2.05) is 0 Å². The van der Waals surface area contributed by atoms with Gasteiger partial charge in [0.2, 0.25) is 0 Å². The van der Waals surface area contributed by atoms with E-state index in [1.165, 1.54) is 6.07 Å². The molecule has 0 radical (unpaired) electrons. The molecular weight excluding hydrogens is 187 g/mol. The van der Waals surface area contributed by atoms with Crippen LogP contribution in [0.3, 0.4) is 0 Å². The highest BCUT2D eigenvalue weighted by Crippen LogP contribution is 2.21. The fraction of sp³-hybridized carbons (Fsp3) is 0. The molecule has 64 valence electrons. The lowest BCUT2D eigenvalue weighted by Crippen LogP contribution is -1.88. The zero-order valence-electron chi connectivity index (χ0n) is 5.65. The van der Waals surface area contributed by atoms with Gasteiger partial charge < -0.3 is 16.6 Å². The molecule has 0 amide bonds. The minimum Gasteiger partial charge on any atom is -0.506 e. The third-order valence-electron chi connectivity index (χ3n) is 1.05. The molecule has 0 aliphatic carbocycles. The van der Waals surface area contributed by atoms with Crippen molar-refractivity contribution in [1.29, 1.82) is 0 Å². The Morgan fingerprint density at radius 1 is 1.09 bits per heavy atom. The van der Waals surface area contributed by atoms with E-state index in [0.29, 0.717) is 11.4 Å². The number of hydrogen-bond donors (Lipinski definition) is 3. The number of nitrogens with two attached hydrogens (primary N) is 2. The number of anilines is 2. The second-order valence-corrected chi connectivity index (χ2v) is 1.82. The van der Waals surface area contributed by atoms with Gasteiger partial charge in [-0.1, -0.05) is 0 Å². The highest BCUT2D eigenvalue weighted by Gasteiger charge is 1.93. The Balaban J connectivity index is 0. The number of nitrogen functional groups attached to an aromatic ring is 2. The predicted molar refractivity (Wildman–Crippen MR) is 51.4 cm³/mol. The molecule has 0 atom stereocenters. The molecule has 11 heavy (non-hydrogen) atoms. The summed E-state index contributed by atoms with van der Waals surface area (Å²) in [6, 6.07) is 4.61. The third kappa shape index (κ3) is 3.20. The zero-order chi connectivity index (χ0) is 6.85. The van der Waals surface area contributed by atoms with E-state index in [-0.39, 0.29) is 30.6 Å². The molecule has 1 aromatic rings. The number of benzene rings is 1. The van der Waals surface area contributed by atoms with Crippen molar-refractivity contribution in [2.45, 2.75) is 0 Å². The minimum atomic E-state index is 0. The molecular formula is C6H10Cl2N2O. The lowest BCUT2D eigenvalue weighted by Gasteiger charge is -1.97. The van der Waals surface area contributed by atoms with Crippen LogP contribution in [-0.2, 0) is 0 Å². The zero-order valence-corrected chi connectivity index (χ0v) is 7.28. The van der Waals surface area contributed by atoms with Crippen molar-refractivity contribution in [1.82, 2.24) is 0 Å². The molecule has 0 aromatic heterocycles. The molecule has 1 aromatic carbocycles. The van der Waals surface area contributed by atoms with Gasteiger partial charge in [0.15, 0.2) is 0 Å². The number of rotatable bonds is 0. The van der Waals surface area contributed by atoms with Gasteiger partial charge in [0.1, 0.15) is 5.75 Å². The molecule has 0 fully saturated rings. The maximum Gasteiger partial charge on any atom is 0.140 e. The van der Waals surface area contributed by atoms with E-state index in [1.54, 1.807) is 12.1 Å². The summed E-state index contributed by atoms with van der Waals surface area (Å²) in [4.78, 5) is 0. The highest BCUT2D eigenvalue weighted by molar-refractivity contribution is 5.85. The summed E-state index contributed by atoms with van der Waals surface area (Å²) in [6.07, 6.45) is 0. The van der Waals surface area contributed by atoms with E-state index in [2.05, 4.69) is 0 Å². The maximum absolute atomic E-state index is 8.90. The lowest BCUT2D eigenvalue weighted by molar-refractivity contribution is 0.478. The topological polar surface area (TPSA) is 72.3 Å². The van der Waals surface area contributed by atoms with E-state index in [0.717, 1.165) is 0 Å². The molecule has 0 saturated heterocycles. The van der Waals surface area contributed by atoms with Crippen LogP contribution in [0.1, 0.15) is 0 Å². The molecule has 0 spiro atoms. The van der Waals surface area contributed by atoms with Crippen LogP contribution in [0, 0.1) is 0 Å². The monoisotopic (exact) mass is 196 g/mol. The van der Waals surface area contributed by atoms with Crippen molar-refractivity contribution >= 4 is 36.2 Å². The quantitative estimate of drug-likeness (QED) is 0.434. The summed E-state index contributed by atoms with van der Waals surface area (Å²) >= 11 is 0. The summed E-state index contributed by atoms with van der Waals surface area (Å²) in [5, 5.41) is 8.90. The second kappa shape index (κ2) is 4.93.